The molecule has 0 aromatic carbocycles. The van der Waals surface area contributed by atoms with Crippen molar-refractivity contribution in [2.75, 3.05) is 19.8 Å². The normalized spacial score (nSPS) is 50.0. The zero-order valence-corrected chi connectivity index (χ0v) is 12.7. The Labute approximate surface area is 137 Å². The van der Waals surface area contributed by atoms with Crippen LogP contribution in [0.2, 0.25) is 0 Å². The number of aliphatic hydroxyl groups is 8. The van der Waals surface area contributed by atoms with Crippen molar-refractivity contribution in [2.45, 2.75) is 61.2 Å². The highest BCUT2D eigenvalue weighted by Gasteiger charge is 2.46. The third kappa shape index (κ3) is 3.86. The summed E-state index contributed by atoms with van der Waals surface area (Å²) in [5.74, 6) is 0. The van der Waals surface area contributed by atoms with Gasteiger partial charge in [0.05, 0.1) is 19.8 Å². The second kappa shape index (κ2) is 8.29. The van der Waals surface area contributed by atoms with Crippen LogP contribution in [-0.2, 0) is 14.2 Å². The molecule has 10 atom stereocenters. The second-order valence-corrected chi connectivity index (χ2v) is 5.90. The molecule has 0 amide bonds. The molecule has 0 bridgehead atoms. The Kier molecular flexibility index (Phi) is 6.87. The van der Waals surface area contributed by atoms with Crippen molar-refractivity contribution < 1.29 is 55.1 Å². The van der Waals surface area contributed by atoms with E-state index in [0.717, 1.165) is 0 Å². The fraction of sp³-hybridized carbons (Fsp3) is 1.00. The van der Waals surface area contributed by atoms with Crippen molar-refractivity contribution in [1.29, 1.82) is 0 Å². The standard InChI is InChI=1S/C13H24O11/c14-1-4-7(16)10(19)9(18)6(23-4)3-22-13-12(21)11(20)8(17)5(2-15)24-13/h4-21H,1-3H2/t4?,5?,6-,7-,8-,9?,10?,11?,12?,13+/m1/s1. The summed E-state index contributed by atoms with van der Waals surface area (Å²) in [6.07, 6.45) is -14.2. The molecular weight excluding hydrogens is 332 g/mol. The lowest BCUT2D eigenvalue weighted by Crippen LogP contribution is -2.61. The van der Waals surface area contributed by atoms with Crippen LogP contribution in [-0.4, -0.2) is 122 Å². The lowest BCUT2D eigenvalue weighted by Gasteiger charge is -2.42. The monoisotopic (exact) mass is 356 g/mol. The average molecular weight is 356 g/mol. The van der Waals surface area contributed by atoms with Gasteiger partial charge < -0.3 is 55.1 Å². The topological polar surface area (TPSA) is 190 Å². The first kappa shape index (κ1) is 19.9. The maximum absolute atomic E-state index is 9.88. The molecule has 2 saturated heterocycles. The lowest BCUT2D eigenvalue weighted by molar-refractivity contribution is -0.314. The van der Waals surface area contributed by atoms with Crippen molar-refractivity contribution >= 4 is 0 Å². The van der Waals surface area contributed by atoms with Crippen LogP contribution in [0.4, 0.5) is 0 Å². The number of hydrogen-bond donors (Lipinski definition) is 8. The van der Waals surface area contributed by atoms with Crippen molar-refractivity contribution in [2.24, 2.45) is 0 Å². The first-order valence-electron chi connectivity index (χ1n) is 7.54. The molecule has 0 saturated carbocycles. The molecule has 2 rings (SSSR count). The molecule has 11 nitrogen and oxygen atoms in total. The largest absolute Gasteiger partial charge is 0.394 e. The van der Waals surface area contributed by atoms with Crippen LogP contribution < -0.4 is 0 Å². The lowest BCUT2D eigenvalue weighted by atomic mass is 9.95. The van der Waals surface area contributed by atoms with E-state index in [1.54, 1.807) is 0 Å². The van der Waals surface area contributed by atoms with Gasteiger partial charge in [0.15, 0.2) is 6.29 Å². The van der Waals surface area contributed by atoms with E-state index in [-0.39, 0.29) is 0 Å². The minimum Gasteiger partial charge on any atom is -0.394 e. The summed E-state index contributed by atoms with van der Waals surface area (Å²) in [6, 6.07) is 0. The molecule has 11 heteroatoms. The molecule has 0 spiro atoms. The SMILES string of the molecule is OCC1O[C@H](OC[C@H]2OC(CO)[C@@H](O)C(O)C2O)C(O)C(O)[C@@H]1O. The summed E-state index contributed by atoms with van der Waals surface area (Å²) in [7, 11) is 0. The van der Waals surface area contributed by atoms with Gasteiger partial charge in [-0.25, -0.2) is 0 Å². The van der Waals surface area contributed by atoms with Crippen molar-refractivity contribution in [3.63, 3.8) is 0 Å². The molecule has 2 aliphatic rings. The Morgan fingerprint density at radius 2 is 1.04 bits per heavy atom. The molecule has 2 heterocycles. The predicted octanol–water partition coefficient (Wildman–Crippen LogP) is -5.35. The Hall–Kier alpha value is -0.440. The Bertz CT molecular complexity index is 356. The average Bonchev–Trinajstić information content (AvgIpc) is 2.58. The van der Waals surface area contributed by atoms with Crippen molar-refractivity contribution in [3.05, 3.63) is 0 Å². The summed E-state index contributed by atoms with van der Waals surface area (Å²) in [5.41, 5.74) is 0. The van der Waals surface area contributed by atoms with E-state index in [1.807, 2.05) is 0 Å². The maximum Gasteiger partial charge on any atom is 0.186 e. The molecular formula is C13H24O11. The van der Waals surface area contributed by atoms with Crippen LogP contribution in [0, 0.1) is 0 Å². The first-order chi connectivity index (χ1) is 11.3. The van der Waals surface area contributed by atoms with E-state index in [0.29, 0.717) is 0 Å². The molecule has 0 aromatic heterocycles. The summed E-state index contributed by atoms with van der Waals surface area (Å²) >= 11 is 0. The van der Waals surface area contributed by atoms with E-state index in [2.05, 4.69) is 0 Å². The van der Waals surface area contributed by atoms with Gasteiger partial charge in [0.25, 0.3) is 0 Å². The number of ether oxygens (including phenoxy) is 3. The highest BCUT2D eigenvalue weighted by molar-refractivity contribution is 4.93. The molecule has 24 heavy (non-hydrogen) atoms. The summed E-state index contributed by atoms with van der Waals surface area (Å²) < 4.78 is 15.6. The van der Waals surface area contributed by atoms with Crippen LogP contribution in [0.15, 0.2) is 0 Å². The van der Waals surface area contributed by atoms with Gasteiger partial charge in [0.1, 0.15) is 54.9 Å². The van der Waals surface area contributed by atoms with Gasteiger partial charge in [0, 0.05) is 0 Å². The minimum absolute atomic E-state index is 0.413. The van der Waals surface area contributed by atoms with Crippen LogP contribution in [0.25, 0.3) is 0 Å². The highest BCUT2D eigenvalue weighted by Crippen LogP contribution is 2.25. The van der Waals surface area contributed by atoms with E-state index < -0.39 is 81.0 Å². The van der Waals surface area contributed by atoms with Crippen molar-refractivity contribution in [1.82, 2.24) is 0 Å². The van der Waals surface area contributed by atoms with Gasteiger partial charge in [0.2, 0.25) is 0 Å². The molecule has 0 radical (unpaired) electrons. The molecule has 142 valence electrons. The number of hydrogen-bond acceptors (Lipinski definition) is 11. The zero-order valence-electron chi connectivity index (χ0n) is 12.7. The maximum atomic E-state index is 9.88. The smallest absolute Gasteiger partial charge is 0.186 e. The van der Waals surface area contributed by atoms with Gasteiger partial charge in [-0.2, -0.15) is 0 Å². The van der Waals surface area contributed by atoms with Crippen molar-refractivity contribution in [3.8, 4) is 0 Å². The van der Waals surface area contributed by atoms with Crippen LogP contribution >= 0.6 is 0 Å². The molecule has 6 unspecified atom stereocenters. The molecule has 2 aliphatic heterocycles. The Balaban J connectivity index is 1.96. The highest BCUT2D eigenvalue weighted by atomic mass is 16.7. The Morgan fingerprint density at radius 3 is 1.58 bits per heavy atom. The molecule has 0 aromatic rings. The second-order valence-electron chi connectivity index (χ2n) is 5.90. The van der Waals surface area contributed by atoms with Gasteiger partial charge in [-0.3, -0.25) is 0 Å². The zero-order chi connectivity index (χ0) is 18.0. The van der Waals surface area contributed by atoms with E-state index in [9.17, 15) is 30.6 Å². The third-order valence-electron chi connectivity index (χ3n) is 4.26. The Morgan fingerprint density at radius 1 is 0.583 bits per heavy atom. The van der Waals surface area contributed by atoms with Gasteiger partial charge >= 0.3 is 0 Å². The van der Waals surface area contributed by atoms with E-state index in [4.69, 9.17) is 24.4 Å². The van der Waals surface area contributed by atoms with Crippen LogP contribution in [0.3, 0.4) is 0 Å². The summed E-state index contributed by atoms with van der Waals surface area (Å²) in [4.78, 5) is 0. The molecule has 2 fully saturated rings. The van der Waals surface area contributed by atoms with Gasteiger partial charge in [-0.1, -0.05) is 0 Å². The van der Waals surface area contributed by atoms with E-state index >= 15 is 0 Å². The van der Waals surface area contributed by atoms with Gasteiger partial charge in [-0.05, 0) is 0 Å². The van der Waals surface area contributed by atoms with Crippen LogP contribution in [0.1, 0.15) is 0 Å². The fourth-order valence-electron chi connectivity index (χ4n) is 2.71. The first-order valence-corrected chi connectivity index (χ1v) is 7.54. The summed E-state index contributed by atoms with van der Waals surface area (Å²) in [6.45, 7) is -1.63. The minimum atomic E-state index is -1.62. The quantitative estimate of drug-likeness (QED) is 0.235. The van der Waals surface area contributed by atoms with E-state index in [1.165, 1.54) is 0 Å². The van der Waals surface area contributed by atoms with Gasteiger partial charge in [-0.15, -0.1) is 0 Å². The summed E-state index contributed by atoms with van der Waals surface area (Å²) in [5, 5.41) is 76.6. The predicted molar refractivity (Wildman–Crippen MR) is 73.5 cm³/mol. The molecule has 8 N–H and O–H groups in total. The number of aliphatic hydroxyl groups excluding tert-OH is 8. The van der Waals surface area contributed by atoms with Crippen LogP contribution in [0.5, 0.6) is 0 Å². The fourth-order valence-corrected chi connectivity index (χ4v) is 2.71. The third-order valence-corrected chi connectivity index (χ3v) is 4.26. The molecule has 0 aliphatic carbocycles. The number of rotatable bonds is 5.